The minimum absolute atomic E-state index is 0.152. The average Bonchev–Trinajstić information content (AvgIpc) is 2.37. The Morgan fingerprint density at radius 3 is 3.12 bits per heavy atom. The van der Waals surface area contributed by atoms with Crippen LogP contribution in [0.3, 0.4) is 0 Å². The summed E-state index contributed by atoms with van der Waals surface area (Å²) in [7, 11) is 0. The van der Waals surface area contributed by atoms with Crippen molar-refractivity contribution in [1.29, 1.82) is 0 Å². The van der Waals surface area contributed by atoms with Gasteiger partial charge in [-0.2, -0.15) is 0 Å². The molecule has 1 aromatic heterocycles. The van der Waals surface area contributed by atoms with Crippen LogP contribution in [0.15, 0.2) is 22.8 Å². The van der Waals surface area contributed by atoms with Gasteiger partial charge in [0.05, 0.1) is 6.10 Å². The van der Waals surface area contributed by atoms with E-state index in [1.807, 2.05) is 0 Å². The van der Waals surface area contributed by atoms with E-state index in [9.17, 15) is 4.79 Å². The number of aromatic nitrogens is 1. The molecule has 0 saturated carbocycles. The van der Waals surface area contributed by atoms with Crippen molar-refractivity contribution in [2.24, 2.45) is 0 Å². The van der Waals surface area contributed by atoms with Crippen LogP contribution in [0.25, 0.3) is 0 Å². The minimum Gasteiger partial charge on any atom is -0.376 e. The molecule has 1 aromatic rings. The lowest BCUT2D eigenvalue weighted by Gasteiger charge is -2.22. The molecule has 17 heavy (non-hydrogen) atoms. The molecule has 1 unspecified atom stereocenters. The molecule has 1 saturated heterocycles. The predicted molar refractivity (Wildman–Crippen MR) is 67.9 cm³/mol. The Kier molecular flexibility index (Phi) is 4.50. The Morgan fingerprint density at radius 1 is 1.53 bits per heavy atom. The number of carbonyl (C=O) groups is 1. The molecular formula is C12H15BrN2O2. The number of ether oxygens (including phenoxy) is 1. The largest absolute Gasteiger partial charge is 0.376 e. The van der Waals surface area contributed by atoms with Gasteiger partial charge in [0, 0.05) is 13.2 Å². The van der Waals surface area contributed by atoms with Gasteiger partial charge < -0.3 is 10.1 Å². The summed E-state index contributed by atoms with van der Waals surface area (Å²) in [5.74, 6) is -0.152. The van der Waals surface area contributed by atoms with Crippen LogP contribution in [0.2, 0.25) is 0 Å². The summed E-state index contributed by atoms with van der Waals surface area (Å²) in [6.07, 6.45) is 3.47. The molecule has 1 atom stereocenters. The quantitative estimate of drug-likeness (QED) is 0.870. The molecule has 0 aromatic carbocycles. The van der Waals surface area contributed by atoms with Crippen molar-refractivity contribution in [3.8, 4) is 0 Å². The molecule has 2 heterocycles. The summed E-state index contributed by atoms with van der Waals surface area (Å²) in [4.78, 5) is 15.9. The van der Waals surface area contributed by atoms with E-state index < -0.39 is 0 Å². The summed E-state index contributed by atoms with van der Waals surface area (Å²) >= 11 is 3.24. The van der Waals surface area contributed by atoms with Crippen LogP contribution in [0.1, 0.15) is 29.8 Å². The highest BCUT2D eigenvalue weighted by molar-refractivity contribution is 9.10. The smallest absolute Gasteiger partial charge is 0.270 e. The maximum atomic E-state index is 11.8. The van der Waals surface area contributed by atoms with Crippen molar-refractivity contribution in [1.82, 2.24) is 10.3 Å². The zero-order valence-corrected chi connectivity index (χ0v) is 11.1. The Morgan fingerprint density at radius 2 is 2.41 bits per heavy atom. The normalized spacial score (nSPS) is 19.9. The maximum Gasteiger partial charge on any atom is 0.270 e. The van der Waals surface area contributed by atoms with Crippen molar-refractivity contribution in [2.45, 2.75) is 25.4 Å². The van der Waals surface area contributed by atoms with Gasteiger partial charge in [0.1, 0.15) is 10.3 Å². The molecule has 0 spiro atoms. The van der Waals surface area contributed by atoms with Gasteiger partial charge in [-0.05, 0) is 47.3 Å². The second kappa shape index (κ2) is 6.12. The molecule has 92 valence electrons. The highest BCUT2D eigenvalue weighted by Gasteiger charge is 2.15. The average molecular weight is 299 g/mol. The van der Waals surface area contributed by atoms with E-state index in [1.165, 1.54) is 6.42 Å². The number of hydrogen-bond donors (Lipinski definition) is 1. The Labute approximate surface area is 109 Å². The van der Waals surface area contributed by atoms with Crippen molar-refractivity contribution in [2.75, 3.05) is 13.2 Å². The van der Waals surface area contributed by atoms with Crippen LogP contribution in [-0.2, 0) is 4.74 Å². The molecular weight excluding hydrogens is 284 g/mol. The number of rotatable bonds is 3. The van der Waals surface area contributed by atoms with Gasteiger partial charge >= 0.3 is 0 Å². The first-order chi connectivity index (χ1) is 8.25. The van der Waals surface area contributed by atoms with E-state index in [1.54, 1.807) is 18.2 Å². The molecule has 5 heteroatoms. The fraction of sp³-hybridized carbons (Fsp3) is 0.500. The standard InChI is InChI=1S/C12H15BrN2O2/c13-11-6-3-5-10(15-11)12(16)14-8-9-4-1-2-7-17-9/h3,5-6,9H,1-2,4,7-8H2,(H,14,16). The number of nitrogens with one attached hydrogen (secondary N) is 1. The number of amides is 1. The summed E-state index contributed by atoms with van der Waals surface area (Å²) in [5, 5.41) is 2.85. The number of halogens is 1. The van der Waals surface area contributed by atoms with Gasteiger partial charge in [0.15, 0.2) is 0 Å². The number of pyridine rings is 1. The molecule has 0 bridgehead atoms. The second-order valence-electron chi connectivity index (χ2n) is 4.04. The van der Waals surface area contributed by atoms with Crippen LogP contribution in [0.5, 0.6) is 0 Å². The van der Waals surface area contributed by atoms with Gasteiger partial charge in [-0.3, -0.25) is 4.79 Å². The lowest BCUT2D eigenvalue weighted by Crippen LogP contribution is -2.35. The molecule has 4 nitrogen and oxygen atoms in total. The molecule has 0 radical (unpaired) electrons. The van der Waals surface area contributed by atoms with Gasteiger partial charge in [-0.1, -0.05) is 6.07 Å². The van der Waals surface area contributed by atoms with Gasteiger partial charge in [-0.15, -0.1) is 0 Å². The SMILES string of the molecule is O=C(NCC1CCCCO1)c1cccc(Br)n1. The second-order valence-corrected chi connectivity index (χ2v) is 4.86. The summed E-state index contributed by atoms with van der Waals surface area (Å²) < 4.78 is 6.21. The Hall–Kier alpha value is -0.940. The third-order valence-corrected chi connectivity index (χ3v) is 3.15. The van der Waals surface area contributed by atoms with Crippen molar-refractivity contribution >= 4 is 21.8 Å². The zero-order chi connectivity index (χ0) is 12.1. The van der Waals surface area contributed by atoms with Gasteiger partial charge in [0.25, 0.3) is 5.91 Å². The summed E-state index contributed by atoms with van der Waals surface area (Å²) in [5.41, 5.74) is 0.426. The van der Waals surface area contributed by atoms with E-state index in [0.29, 0.717) is 16.8 Å². The Bertz CT molecular complexity index is 392. The van der Waals surface area contributed by atoms with E-state index in [2.05, 4.69) is 26.2 Å². The van der Waals surface area contributed by atoms with Gasteiger partial charge in [-0.25, -0.2) is 4.98 Å². The van der Waals surface area contributed by atoms with E-state index in [4.69, 9.17) is 4.74 Å². The van der Waals surface area contributed by atoms with Crippen LogP contribution in [-0.4, -0.2) is 30.1 Å². The van der Waals surface area contributed by atoms with E-state index in [0.717, 1.165) is 19.4 Å². The molecule has 1 amide bonds. The van der Waals surface area contributed by atoms with Crippen LogP contribution < -0.4 is 5.32 Å². The van der Waals surface area contributed by atoms with E-state index in [-0.39, 0.29) is 12.0 Å². The highest BCUT2D eigenvalue weighted by Crippen LogP contribution is 2.12. The number of hydrogen-bond acceptors (Lipinski definition) is 3. The number of carbonyl (C=O) groups excluding carboxylic acids is 1. The first-order valence-electron chi connectivity index (χ1n) is 5.78. The predicted octanol–water partition coefficient (Wildman–Crippen LogP) is 2.14. The fourth-order valence-corrected chi connectivity index (χ4v) is 2.14. The molecule has 1 aliphatic heterocycles. The van der Waals surface area contributed by atoms with Crippen molar-refractivity contribution in [3.63, 3.8) is 0 Å². The first kappa shape index (κ1) is 12.5. The van der Waals surface area contributed by atoms with Crippen LogP contribution >= 0.6 is 15.9 Å². The molecule has 1 fully saturated rings. The third kappa shape index (κ3) is 3.78. The number of nitrogens with zero attached hydrogens (tertiary/aromatic N) is 1. The summed E-state index contributed by atoms with van der Waals surface area (Å²) in [6, 6.07) is 5.28. The lowest BCUT2D eigenvalue weighted by atomic mass is 10.1. The fourth-order valence-electron chi connectivity index (χ4n) is 1.80. The van der Waals surface area contributed by atoms with Gasteiger partial charge in [0.2, 0.25) is 0 Å². The van der Waals surface area contributed by atoms with E-state index >= 15 is 0 Å². The summed E-state index contributed by atoms with van der Waals surface area (Å²) in [6.45, 7) is 1.36. The lowest BCUT2D eigenvalue weighted by molar-refractivity contribution is 0.0168. The van der Waals surface area contributed by atoms with Crippen molar-refractivity contribution < 1.29 is 9.53 Å². The first-order valence-corrected chi connectivity index (χ1v) is 6.57. The monoisotopic (exact) mass is 298 g/mol. The maximum absolute atomic E-state index is 11.8. The van der Waals surface area contributed by atoms with Crippen molar-refractivity contribution in [3.05, 3.63) is 28.5 Å². The molecule has 0 aliphatic carbocycles. The molecule has 1 aliphatic rings. The molecule has 2 rings (SSSR count). The minimum atomic E-state index is -0.152. The van der Waals surface area contributed by atoms with Crippen LogP contribution in [0, 0.1) is 0 Å². The molecule has 1 N–H and O–H groups in total. The third-order valence-electron chi connectivity index (χ3n) is 2.71. The highest BCUT2D eigenvalue weighted by atomic mass is 79.9. The van der Waals surface area contributed by atoms with Crippen LogP contribution in [0.4, 0.5) is 0 Å². The zero-order valence-electron chi connectivity index (χ0n) is 9.49. The Balaban J connectivity index is 1.84. The topological polar surface area (TPSA) is 51.2 Å².